The minimum absolute atomic E-state index is 0.592. The van der Waals surface area contributed by atoms with Gasteiger partial charge < -0.3 is 5.11 Å². The lowest BCUT2D eigenvalue weighted by Gasteiger charge is -2.26. The van der Waals surface area contributed by atoms with Gasteiger partial charge in [0.2, 0.25) is 0 Å². The second kappa shape index (κ2) is 5.48. The largest absolute Gasteiger partial charge is 0.481 e. The monoisotopic (exact) mass is 284 g/mol. The van der Waals surface area contributed by atoms with E-state index in [4.69, 9.17) is 0 Å². The Bertz CT molecular complexity index is 370. The number of aliphatic carboxylic acids is 1. The highest BCUT2D eigenvalue weighted by Gasteiger charge is 2.34. The van der Waals surface area contributed by atoms with Crippen molar-refractivity contribution >= 4 is 21.9 Å². The fourth-order valence-corrected chi connectivity index (χ4v) is 2.36. The molecule has 16 heavy (non-hydrogen) atoms. The minimum Gasteiger partial charge on any atom is -0.481 e. The molecule has 3 heteroatoms. The molecule has 1 aromatic rings. The smallest absolute Gasteiger partial charge is 0.309 e. The van der Waals surface area contributed by atoms with Crippen molar-refractivity contribution in [3.05, 3.63) is 34.3 Å². The highest BCUT2D eigenvalue weighted by atomic mass is 79.9. The standard InChI is InChI=1S/C13H17BrO2/c1-3-13(4-2,12(15)16)9-10-6-5-7-11(14)8-10/h5-8H,3-4,9H2,1-2H3,(H,15,16). The summed E-state index contributed by atoms with van der Waals surface area (Å²) < 4.78 is 0.997. The second-order valence-corrected chi connectivity index (χ2v) is 5.01. The third-order valence-corrected chi connectivity index (χ3v) is 3.73. The Morgan fingerprint density at radius 2 is 2.00 bits per heavy atom. The molecule has 0 unspecified atom stereocenters. The Morgan fingerprint density at radius 3 is 2.44 bits per heavy atom. The summed E-state index contributed by atoms with van der Waals surface area (Å²) in [6.45, 7) is 3.88. The lowest BCUT2D eigenvalue weighted by Crippen LogP contribution is -2.32. The third kappa shape index (κ3) is 2.85. The van der Waals surface area contributed by atoms with Gasteiger partial charge in [0.15, 0.2) is 0 Å². The number of carboxylic acid groups (broad SMARTS) is 1. The second-order valence-electron chi connectivity index (χ2n) is 4.10. The molecule has 0 spiro atoms. The minimum atomic E-state index is -0.697. The van der Waals surface area contributed by atoms with E-state index in [1.54, 1.807) is 0 Å². The van der Waals surface area contributed by atoms with Crippen molar-refractivity contribution in [1.82, 2.24) is 0 Å². The van der Waals surface area contributed by atoms with Gasteiger partial charge in [-0.1, -0.05) is 41.9 Å². The van der Waals surface area contributed by atoms with Gasteiger partial charge in [0.25, 0.3) is 0 Å². The molecular formula is C13H17BrO2. The van der Waals surface area contributed by atoms with Gasteiger partial charge in [-0.05, 0) is 37.0 Å². The first-order valence-corrected chi connectivity index (χ1v) is 6.31. The molecule has 0 heterocycles. The van der Waals surface area contributed by atoms with Crippen molar-refractivity contribution in [1.29, 1.82) is 0 Å². The number of benzene rings is 1. The van der Waals surface area contributed by atoms with E-state index in [1.807, 2.05) is 38.1 Å². The number of carbonyl (C=O) groups is 1. The average Bonchev–Trinajstić information content (AvgIpc) is 2.25. The molecule has 2 nitrogen and oxygen atoms in total. The lowest BCUT2D eigenvalue weighted by molar-refractivity contribution is -0.149. The van der Waals surface area contributed by atoms with Crippen molar-refractivity contribution in [3.8, 4) is 0 Å². The van der Waals surface area contributed by atoms with Gasteiger partial charge in [-0.2, -0.15) is 0 Å². The van der Waals surface area contributed by atoms with Gasteiger partial charge in [-0.25, -0.2) is 0 Å². The van der Waals surface area contributed by atoms with Crippen molar-refractivity contribution in [3.63, 3.8) is 0 Å². The molecule has 0 radical (unpaired) electrons. The van der Waals surface area contributed by atoms with Crippen molar-refractivity contribution < 1.29 is 9.90 Å². The first-order valence-electron chi connectivity index (χ1n) is 5.52. The predicted octanol–water partition coefficient (Wildman–Crippen LogP) is 3.88. The fraction of sp³-hybridized carbons (Fsp3) is 0.462. The molecule has 0 fully saturated rings. The molecule has 1 aromatic carbocycles. The van der Waals surface area contributed by atoms with Crippen LogP contribution in [-0.4, -0.2) is 11.1 Å². The van der Waals surface area contributed by atoms with Crippen LogP contribution in [-0.2, 0) is 11.2 Å². The molecule has 0 saturated heterocycles. The summed E-state index contributed by atoms with van der Waals surface area (Å²) in [5, 5.41) is 9.34. The summed E-state index contributed by atoms with van der Waals surface area (Å²) in [4.78, 5) is 11.4. The SMILES string of the molecule is CCC(CC)(Cc1cccc(Br)c1)C(=O)O. The summed E-state index contributed by atoms with van der Waals surface area (Å²) in [6, 6.07) is 7.86. The van der Waals surface area contributed by atoms with Crippen LogP contribution in [0.1, 0.15) is 32.3 Å². The Hall–Kier alpha value is -0.830. The maximum atomic E-state index is 11.4. The Morgan fingerprint density at radius 1 is 1.38 bits per heavy atom. The van der Waals surface area contributed by atoms with Crippen molar-refractivity contribution in [2.24, 2.45) is 5.41 Å². The molecule has 0 aliphatic carbocycles. The molecule has 88 valence electrons. The molecule has 0 atom stereocenters. The Labute approximate surface area is 105 Å². The van der Waals surface area contributed by atoms with Crippen molar-refractivity contribution in [2.45, 2.75) is 33.1 Å². The molecule has 0 saturated carbocycles. The number of carboxylic acids is 1. The summed E-state index contributed by atoms with van der Waals surface area (Å²) in [5.74, 6) is -0.697. The van der Waals surface area contributed by atoms with Gasteiger partial charge in [0.1, 0.15) is 0 Å². The third-order valence-electron chi connectivity index (χ3n) is 3.24. The predicted molar refractivity (Wildman–Crippen MR) is 68.5 cm³/mol. The van der Waals surface area contributed by atoms with Crippen LogP contribution in [0.15, 0.2) is 28.7 Å². The first kappa shape index (κ1) is 13.2. The molecule has 0 amide bonds. The number of hydrogen-bond acceptors (Lipinski definition) is 1. The lowest BCUT2D eigenvalue weighted by atomic mass is 9.77. The van der Waals surface area contributed by atoms with E-state index in [1.165, 1.54) is 0 Å². The highest BCUT2D eigenvalue weighted by Crippen LogP contribution is 2.31. The summed E-state index contributed by atoms with van der Waals surface area (Å²) >= 11 is 3.40. The van der Waals surface area contributed by atoms with Crippen LogP contribution in [0.25, 0.3) is 0 Å². The van der Waals surface area contributed by atoms with Crippen LogP contribution in [0.4, 0.5) is 0 Å². The first-order chi connectivity index (χ1) is 7.54. The van der Waals surface area contributed by atoms with Gasteiger partial charge in [-0.15, -0.1) is 0 Å². The number of hydrogen-bond donors (Lipinski definition) is 1. The zero-order chi connectivity index (χ0) is 12.2. The molecule has 0 aliphatic rings. The van der Waals surface area contributed by atoms with Gasteiger partial charge in [-0.3, -0.25) is 4.79 Å². The van der Waals surface area contributed by atoms with Crippen LogP contribution < -0.4 is 0 Å². The molecule has 1 N–H and O–H groups in total. The van der Waals surface area contributed by atoms with Crippen molar-refractivity contribution in [2.75, 3.05) is 0 Å². The molecule has 0 aromatic heterocycles. The fourth-order valence-electron chi connectivity index (χ4n) is 1.92. The highest BCUT2D eigenvalue weighted by molar-refractivity contribution is 9.10. The zero-order valence-corrected chi connectivity index (χ0v) is 11.3. The summed E-state index contributed by atoms with van der Waals surface area (Å²) in [5.41, 5.74) is 0.446. The molecule has 0 aliphatic heterocycles. The molecule has 1 rings (SSSR count). The van der Waals surface area contributed by atoms with Crippen LogP contribution in [0.2, 0.25) is 0 Å². The number of rotatable bonds is 5. The van der Waals surface area contributed by atoms with Crippen LogP contribution in [0.5, 0.6) is 0 Å². The van der Waals surface area contributed by atoms with Gasteiger partial charge in [0.05, 0.1) is 5.41 Å². The quantitative estimate of drug-likeness (QED) is 0.891. The van der Waals surface area contributed by atoms with E-state index in [0.717, 1.165) is 10.0 Å². The average molecular weight is 285 g/mol. The van der Waals surface area contributed by atoms with Crippen LogP contribution in [0, 0.1) is 5.41 Å². The van der Waals surface area contributed by atoms with E-state index in [9.17, 15) is 9.90 Å². The maximum Gasteiger partial charge on any atom is 0.309 e. The van der Waals surface area contributed by atoms with E-state index in [2.05, 4.69) is 15.9 Å². The van der Waals surface area contributed by atoms with Crippen LogP contribution >= 0.6 is 15.9 Å². The van der Waals surface area contributed by atoms with E-state index >= 15 is 0 Å². The zero-order valence-electron chi connectivity index (χ0n) is 9.66. The maximum absolute atomic E-state index is 11.4. The Balaban J connectivity index is 2.96. The topological polar surface area (TPSA) is 37.3 Å². The van der Waals surface area contributed by atoms with E-state index in [0.29, 0.717) is 19.3 Å². The normalized spacial score (nSPS) is 11.4. The van der Waals surface area contributed by atoms with Crippen LogP contribution in [0.3, 0.4) is 0 Å². The molecule has 0 bridgehead atoms. The molecular weight excluding hydrogens is 268 g/mol. The van der Waals surface area contributed by atoms with Gasteiger partial charge in [0, 0.05) is 4.47 Å². The summed E-state index contributed by atoms with van der Waals surface area (Å²) in [7, 11) is 0. The summed E-state index contributed by atoms with van der Waals surface area (Å²) in [6.07, 6.45) is 1.91. The van der Waals surface area contributed by atoms with E-state index < -0.39 is 11.4 Å². The Kier molecular flexibility index (Phi) is 4.54. The van der Waals surface area contributed by atoms with E-state index in [-0.39, 0.29) is 0 Å². The number of halogens is 1. The van der Waals surface area contributed by atoms with Gasteiger partial charge >= 0.3 is 5.97 Å².